The summed E-state index contributed by atoms with van der Waals surface area (Å²) < 4.78 is 69.9. The molecule has 244 valence electrons. The van der Waals surface area contributed by atoms with E-state index in [9.17, 15) is 35.5 Å². The van der Waals surface area contributed by atoms with E-state index in [-0.39, 0.29) is 46.6 Å². The van der Waals surface area contributed by atoms with Gasteiger partial charge in [-0.25, -0.2) is 9.97 Å². The van der Waals surface area contributed by atoms with Crippen LogP contribution in [0.4, 0.5) is 17.1 Å². The Bertz CT molecular complexity index is 2550. The first kappa shape index (κ1) is 36.5. The van der Waals surface area contributed by atoms with Gasteiger partial charge in [-0.1, -0.05) is 6.07 Å². The molecule has 0 saturated carbocycles. The summed E-state index contributed by atoms with van der Waals surface area (Å²) in [6.45, 7) is 3.20. The molecule has 13 nitrogen and oxygen atoms in total. The average Bonchev–Trinajstić information content (AvgIpc) is 3.62. The molecule has 0 fully saturated rings. The Kier molecular flexibility index (Phi) is 10.6. The Balaban J connectivity index is 0.00000468. The van der Waals surface area contributed by atoms with E-state index in [1.165, 1.54) is 30.4 Å². The zero-order valence-corrected chi connectivity index (χ0v) is 31.2. The van der Waals surface area contributed by atoms with Crippen molar-refractivity contribution in [2.75, 3.05) is 5.32 Å². The van der Waals surface area contributed by atoms with E-state index in [0.29, 0.717) is 16.1 Å². The molecular weight excluding hydrogens is 722 g/mol. The fourth-order valence-corrected chi connectivity index (χ4v) is 8.05. The van der Waals surface area contributed by atoms with Gasteiger partial charge in [0.2, 0.25) is 5.91 Å². The maximum absolute atomic E-state index is 12.4. The molecule has 3 N–H and O–H groups in total. The van der Waals surface area contributed by atoms with E-state index in [1.54, 1.807) is 17.4 Å². The second kappa shape index (κ2) is 14.2. The largest absolute Gasteiger partial charge is 1.00 e. The van der Waals surface area contributed by atoms with Crippen LogP contribution in [0.5, 0.6) is 0 Å². The number of Topliss-reactive ketones (excluding diaryl/α,β-unsaturated/α-hetero) is 1. The van der Waals surface area contributed by atoms with Gasteiger partial charge < -0.3 is 5.32 Å². The minimum atomic E-state index is -4.80. The fourth-order valence-electron chi connectivity index (χ4n) is 4.71. The Hall–Kier alpha value is -3.78. The number of carbonyl (C=O) groups excluding carboxylic acids is 2. The molecule has 2 aromatic heterocycles. The summed E-state index contributed by atoms with van der Waals surface area (Å²) in [7, 11) is -9.58. The van der Waals surface area contributed by atoms with Crippen molar-refractivity contribution in [3.8, 4) is 21.1 Å². The number of nitrogens with zero attached hydrogens (tertiary/aromatic N) is 4. The average molecular weight is 745 g/mol. The van der Waals surface area contributed by atoms with Gasteiger partial charge in [0.25, 0.3) is 20.2 Å². The van der Waals surface area contributed by atoms with Crippen LogP contribution in [0.15, 0.2) is 92.8 Å². The van der Waals surface area contributed by atoms with Gasteiger partial charge in [-0.15, -0.1) is 27.8 Å². The van der Waals surface area contributed by atoms with Gasteiger partial charge in [0.15, 0.2) is 0 Å². The Morgan fingerprint density at radius 1 is 0.755 bits per heavy atom. The van der Waals surface area contributed by atoms with Crippen LogP contribution in [0, 0.1) is 6.92 Å². The Morgan fingerprint density at radius 3 is 1.98 bits per heavy atom. The Morgan fingerprint density at radius 2 is 1.35 bits per heavy atom. The molecule has 0 radical (unpaired) electrons. The van der Waals surface area contributed by atoms with E-state index in [0.717, 1.165) is 49.3 Å². The van der Waals surface area contributed by atoms with Crippen molar-refractivity contribution < 1.29 is 65.1 Å². The number of aromatic nitrogens is 2. The van der Waals surface area contributed by atoms with Gasteiger partial charge in [0, 0.05) is 11.1 Å². The van der Waals surface area contributed by atoms with Crippen LogP contribution in [-0.4, -0.2) is 47.6 Å². The van der Waals surface area contributed by atoms with Crippen LogP contribution in [0.2, 0.25) is 0 Å². The third kappa shape index (κ3) is 8.34. The molecule has 0 atom stereocenters. The summed E-state index contributed by atoms with van der Waals surface area (Å²) in [6, 6.07) is 19.1. The van der Waals surface area contributed by atoms with Crippen LogP contribution < -0.4 is 34.9 Å². The van der Waals surface area contributed by atoms with Gasteiger partial charge in [-0.05, 0) is 86.1 Å². The first-order valence-corrected chi connectivity index (χ1v) is 18.4. The number of hydrogen-bond acceptors (Lipinski definition) is 12. The second-order valence-electron chi connectivity index (χ2n) is 10.6. The number of ketones is 1. The van der Waals surface area contributed by atoms with Crippen molar-refractivity contribution in [2.45, 2.75) is 30.1 Å². The third-order valence-corrected chi connectivity index (χ3v) is 10.8. The minimum Gasteiger partial charge on any atom is -0.324 e. The van der Waals surface area contributed by atoms with E-state index in [4.69, 9.17) is 4.98 Å². The fraction of sp³-hybridized carbons (Fsp3) is 0.0968. The topological polar surface area (TPSA) is 205 Å². The van der Waals surface area contributed by atoms with Crippen molar-refractivity contribution in [3.05, 3.63) is 78.4 Å². The Labute approximate surface area is 310 Å². The van der Waals surface area contributed by atoms with E-state index in [2.05, 4.69) is 26.6 Å². The molecule has 2 heterocycles. The molecule has 0 aliphatic rings. The van der Waals surface area contributed by atoms with Gasteiger partial charge in [-0.3, -0.25) is 18.7 Å². The van der Waals surface area contributed by atoms with Crippen LogP contribution in [0.3, 0.4) is 0 Å². The minimum absolute atomic E-state index is 0. The maximum Gasteiger partial charge on any atom is 1.00 e. The monoisotopic (exact) mass is 744 g/mol. The van der Waals surface area contributed by atoms with E-state index in [1.807, 2.05) is 37.3 Å². The number of carbonyl (C=O) groups is 2. The van der Waals surface area contributed by atoms with Gasteiger partial charge >= 0.3 is 29.6 Å². The van der Waals surface area contributed by atoms with Gasteiger partial charge in [0.1, 0.15) is 31.3 Å². The van der Waals surface area contributed by atoms with Gasteiger partial charge in [-0.2, -0.15) is 21.9 Å². The molecular formula is C31H23N5NaO8S4+. The number of amides is 1. The first-order valence-electron chi connectivity index (χ1n) is 13.9. The molecule has 18 heteroatoms. The number of anilines is 1. The number of fused-ring (bicyclic) bond motifs is 2. The van der Waals surface area contributed by atoms with Crippen LogP contribution in [0.1, 0.15) is 18.9 Å². The number of azo groups is 1. The molecule has 0 bridgehead atoms. The summed E-state index contributed by atoms with van der Waals surface area (Å²) in [5, 5.41) is 11.4. The standard InChI is InChI=1S/C31H23N5O8S4.Na/c1-16-3-7-21-25(11-16)45-30(33-21)18-4-8-22-26(13-18)46-31(34-22)19-5-9-23(28(14-19)48(42,43)44)36-35-20-6-10-27(47(39,40)41)24(15-20)32-29(38)12-17(2)37;/h3-11,13-15H,12H2,1-2H3,(H,32,38)(H,39,40,41)(H,42,43,44);/q;+1. The summed E-state index contributed by atoms with van der Waals surface area (Å²) in [5.41, 5.74) is 3.40. The summed E-state index contributed by atoms with van der Waals surface area (Å²) in [5.74, 6) is -1.31. The quantitative estimate of drug-likeness (QED) is 0.0825. The molecule has 49 heavy (non-hydrogen) atoms. The van der Waals surface area contributed by atoms with Crippen molar-refractivity contribution in [1.29, 1.82) is 0 Å². The molecule has 0 saturated heterocycles. The molecule has 0 aliphatic carbocycles. The van der Waals surface area contributed by atoms with E-state index < -0.39 is 48.1 Å². The SMILES string of the molecule is CC(=O)CC(=O)Nc1cc(N=Nc2ccc(-c3nc4ccc(-c5nc6ccc(C)cc6s5)cc4s3)cc2S(=O)(=O)O)ccc1S(=O)(=O)O.[Na+]. The second-order valence-corrected chi connectivity index (χ2v) is 15.5. The number of nitrogens with one attached hydrogen (secondary N) is 1. The van der Waals surface area contributed by atoms with Crippen molar-refractivity contribution in [1.82, 2.24) is 9.97 Å². The molecule has 0 spiro atoms. The smallest absolute Gasteiger partial charge is 0.324 e. The molecule has 1 amide bonds. The molecule has 0 aliphatic heterocycles. The number of rotatable bonds is 9. The predicted molar refractivity (Wildman–Crippen MR) is 183 cm³/mol. The molecule has 4 aromatic carbocycles. The van der Waals surface area contributed by atoms with Crippen LogP contribution in [-0.2, 0) is 29.8 Å². The number of hydrogen-bond donors (Lipinski definition) is 3. The summed E-state index contributed by atoms with van der Waals surface area (Å²) in [4.78, 5) is 31.6. The molecule has 6 rings (SSSR count). The van der Waals surface area contributed by atoms with Crippen LogP contribution in [0.25, 0.3) is 41.6 Å². The summed E-state index contributed by atoms with van der Waals surface area (Å²) in [6.07, 6.45) is -0.542. The number of thiazole rings is 2. The van der Waals surface area contributed by atoms with Crippen molar-refractivity contribution >= 4 is 92.1 Å². The zero-order valence-electron chi connectivity index (χ0n) is 25.9. The predicted octanol–water partition coefficient (Wildman–Crippen LogP) is 4.38. The molecule has 0 unspecified atom stereocenters. The van der Waals surface area contributed by atoms with E-state index >= 15 is 0 Å². The normalized spacial score (nSPS) is 12.0. The summed E-state index contributed by atoms with van der Waals surface area (Å²) >= 11 is 2.91. The molecule has 6 aromatic rings. The zero-order chi connectivity index (χ0) is 34.4. The van der Waals surface area contributed by atoms with Gasteiger partial charge in [0.05, 0.1) is 38.2 Å². The third-order valence-electron chi connectivity index (χ3n) is 6.86. The van der Waals surface area contributed by atoms with Crippen molar-refractivity contribution in [3.63, 3.8) is 0 Å². The first-order chi connectivity index (χ1) is 22.6. The van der Waals surface area contributed by atoms with Crippen molar-refractivity contribution in [2.24, 2.45) is 10.2 Å². The number of aryl methyl sites for hydroxylation is 1. The number of benzene rings is 4. The van der Waals surface area contributed by atoms with Crippen LogP contribution >= 0.6 is 22.7 Å². The maximum atomic E-state index is 12.4.